The summed E-state index contributed by atoms with van der Waals surface area (Å²) >= 11 is -1.89. The molecule has 0 amide bonds. The van der Waals surface area contributed by atoms with Gasteiger partial charge < -0.3 is 4.55 Å². The number of benzene rings is 2. The van der Waals surface area contributed by atoms with Crippen LogP contribution < -0.4 is 0 Å². The lowest BCUT2D eigenvalue weighted by atomic mass is 10.1. The van der Waals surface area contributed by atoms with Gasteiger partial charge in [-0.15, -0.1) is 0 Å². The summed E-state index contributed by atoms with van der Waals surface area (Å²) in [6, 6.07) is 11.3. The molecule has 0 bridgehead atoms. The zero-order valence-corrected chi connectivity index (χ0v) is 8.54. The third kappa shape index (κ3) is 1.69. The molecule has 2 nitrogen and oxygen atoms in total. The third-order valence-corrected chi connectivity index (χ3v) is 2.83. The van der Waals surface area contributed by atoms with Gasteiger partial charge in [0.15, 0.2) is 11.1 Å². The van der Waals surface area contributed by atoms with Gasteiger partial charge in [-0.1, -0.05) is 29.8 Å². The number of rotatable bonds is 1. The van der Waals surface area contributed by atoms with Crippen molar-refractivity contribution in [2.24, 2.45) is 0 Å². The summed E-state index contributed by atoms with van der Waals surface area (Å²) in [5.41, 5.74) is 1.15. The number of aryl methyl sites for hydroxylation is 1. The van der Waals surface area contributed by atoms with Gasteiger partial charge in [0, 0.05) is 0 Å². The van der Waals surface area contributed by atoms with Crippen LogP contribution in [0.2, 0.25) is 0 Å². The van der Waals surface area contributed by atoms with Crippen molar-refractivity contribution in [2.75, 3.05) is 0 Å². The molecule has 0 aliphatic rings. The van der Waals surface area contributed by atoms with Gasteiger partial charge in [0.05, 0.1) is 4.90 Å². The fourth-order valence-corrected chi connectivity index (χ4v) is 1.87. The van der Waals surface area contributed by atoms with E-state index in [0.717, 1.165) is 16.3 Å². The Kier molecular flexibility index (Phi) is 2.35. The number of hydrogen-bond donors (Lipinski definition) is 1. The number of fused-ring (bicyclic) bond motifs is 1. The van der Waals surface area contributed by atoms with E-state index in [-0.39, 0.29) is 0 Å². The van der Waals surface area contributed by atoms with Crippen LogP contribution in [-0.2, 0) is 11.1 Å². The standard InChI is InChI=1S/C11H10O2S/c1-8-2-3-9-4-5-11(14(12)13)7-10(9)6-8/h2-7H,1H3,(H,12,13). The van der Waals surface area contributed by atoms with Gasteiger partial charge in [0.1, 0.15) is 0 Å². The highest BCUT2D eigenvalue weighted by Crippen LogP contribution is 2.18. The summed E-state index contributed by atoms with van der Waals surface area (Å²) in [5, 5.41) is 2.09. The lowest BCUT2D eigenvalue weighted by Gasteiger charge is -2.01. The predicted octanol–water partition coefficient (Wildman–Crippen LogP) is 2.73. The van der Waals surface area contributed by atoms with E-state index in [4.69, 9.17) is 4.55 Å². The quantitative estimate of drug-likeness (QED) is 0.728. The van der Waals surface area contributed by atoms with Crippen LogP contribution in [0, 0.1) is 6.92 Å². The molecular formula is C11H10O2S. The van der Waals surface area contributed by atoms with E-state index in [1.807, 2.05) is 31.2 Å². The molecule has 3 heteroatoms. The first kappa shape index (κ1) is 9.37. The molecule has 1 N–H and O–H groups in total. The van der Waals surface area contributed by atoms with Gasteiger partial charge in [-0.05, 0) is 29.8 Å². The maximum absolute atomic E-state index is 10.8. The SMILES string of the molecule is Cc1ccc2ccc(S(=O)O)cc2c1. The molecule has 14 heavy (non-hydrogen) atoms. The van der Waals surface area contributed by atoms with Crippen molar-refractivity contribution >= 4 is 21.9 Å². The lowest BCUT2D eigenvalue weighted by molar-refractivity contribution is 0.564. The molecule has 0 saturated carbocycles. The summed E-state index contributed by atoms with van der Waals surface area (Å²) in [6.07, 6.45) is 0. The van der Waals surface area contributed by atoms with Crippen molar-refractivity contribution in [3.05, 3.63) is 42.0 Å². The van der Waals surface area contributed by atoms with Crippen molar-refractivity contribution in [1.29, 1.82) is 0 Å². The van der Waals surface area contributed by atoms with Crippen LogP contribution in [-0.4, -0.2) is 8.76 Å². The van der Waals surface area contributed by atoms with Gasteiger partial charge in [0.25, 0.3) is 0 Å². The summed E-state index contributed by atoms with van der Waals surface area (Å²) in [4.78, 5) is 0.447. The van der Waals surface area contributed by atoms with Crippen LogP contribution in [0.15, 0.2) is 41.3 Å². The Morgan fingerprint density at radius 2 is 1.79 bits per heavy atom. The maximum atomic E-state index is 10.8. The Morgan fingerprint density at radius 3 is 2.50 bits per heavy atom. The molecule has 0 saturated heterocycles. The Balaban J connectivity index is 2.69. The van der Waals surface area contributed by atoms with Gasteiger partial charge in [0.2, 0.25) is 0 Å². The summed E-state index contributed by atoms with van der Waals surface area (Å²) in [5.74, 6) is 0. The molecule has 0 aliphatic heterocycles. The van der Waals surface area contributed by atoms with Crippen LogP contribution in [0.5, 0.6) is 0 Å². The van der Waals surface area contributed by atoms with E-state index >= 15 is 0 Å². The third-order valence-electron chi connectivity index (χ3n) is 2.17. The van der Waals surface area contributed by atoms with Crippen molar-refractivity contribution < 1.29 is 8.76 Å². The van der Waals surface area contributed by atoms with Crippen molar-refractivity contribution in [3.8, 4) is 0 Å². The van der Waals surface area contributed by atoms with E-state index < -0.39 is 11.1 Å². The Labute approximate surface area is 84.9 Å². The second-order valence-electron chi connectivity index (χ2n) is 3.26. The molecule has 0 aromatic heterocycles. The van der Waals surface area contributed by atoms with Gasteiger partial charge in [-0.3, -0.25) is 0 Å². The molecule has 72 valence electrons. The summed E-state index contributed by atoms with van der Waals surface area (Å²) < 4.78 is 19.8. The molecule has 0 aliphatic carbocycles. The van der Waals surface area contributed by atoms with E-state index in [2.05, 4.69) is 0 Å². The minimum atomic E-state index is -1.89. The Hall–Kier alpha value is -1.19. The second kappa shape index (κ2) is 3.52. The van der Waals surface area contributed by atoms with E-state index in [9.17, 15) is 4.21 Å². The fourth-order valence-electron chi connectivity index (χ4n) is 1.45. The molecule has 1 atom stereocenters. The van der Waals surface area contributed by atoms with E-state index in [0.29, 0.717) is 4.90 Å². The maximum Gasteiger partial charge on any atom is 0.186 e. The highest BCUT2D eigenvalue weighted by molar-refractivity contribution is 7.79. The molecule has 2 aromatic rings. The minimum Gasteiger partial charge on any atom is -0.302 e. The fraction of sp³-hybridized carbons (Fsp3) is 0.0909. The van der Waals surface area contributed by atoms with Crippen LogP contribution in [0.1, 0.15) is 5.56 Å². The average molecular weight is 206 g/mol. The van der Waals surface area contributed by atoms with Crippen molar-refractivity contribution in [2.45, 2.75) is 11.8 Å². The predicted molar refractivity (Wildman–Crippen MR) is 57.7 cm³/mol. The monoisotopic (exact) mass is 206 g/mol. The zero-order chi connectivity index (χ0) is 10.1. The van der Waals surface area contributed by atoms with Gasteiger partial charge >= 0.3 is 0 Å². The zero-order valence-electron chi connectivity index (χ0n) is 7.73. The molecule has 0 heterocycles. The molecule has 0 radical (unpaired) electrons. The normalized spacial score (nSPS) is 13.0. The topological polar surface area (TPSA) is 37.3 Å². The highest BCUT2D eigenvalue weighted by atomic mass is 32.2. The average Bonchev–Trinajstić information content (AvgIpc) is 2.16. The van der Waals surface area contributed by atoms with Crippen LogP contribution >= 0.6 is 0 Å². The molecule has 0 spiro atoms. The number of hydrogen-bond acceptors (Lipinski definition) is 1. The first-order chi connectivity index (χ1) is 6.66. The Morgan fingerprint density at radius 1 is 1.07 bits per heavy atom. The minimum absolute atomic E-state index is 0.447. The first-order valence-corrected chi connectivity index (χ1v) is 5.39. The molecular weight excluding hydrogens is 196 g/mol. The van der Waals surface area contributed by atoms with E-state index in [1.54, 1.807) is 12.1 Å². The van der Waals surface area contributed by atoms with Crippen LogP contribution in [0.25, 0.3) is 10.8 Å². The smallest absolute Gasteiger partial charge is 0.186 e. The molecule has 2 rings (SSSR count). The molecule has 2 aromatic carbocycles. The molecule has 1 unspecified atom stereocenters. The Bertz CT molecular complexity index is 506. The summed E-state index contributed by atoms with van der Waals surface area (Å²) in [6.45, 7) is 2.00. The van der Waals surface area contributed by atoms with Crippen molar-refractivity contribution in [1.82, 2.24) is 0 Å². The van der Waals surface area contributed by atoms with Gasteiger partial charge in [-0.25, -0.2) is 4.21 Å². The molecule has 0 fully saturated rings. The lowest BCUT2D eigenvalue weighted by Crippen LogP contribution is -1.87. The van der Waals surface area contributed by atoms with Gasteiger partial charge in [-0.2, -0.15) is 0 Å². The summed E-state index contributed by atoms with van der Waals surface area (Å²) in [7, 11) is 0. The van der Waals surface area contributed by atoms with E-state index in [1.165, 1.54) is 0 Å². The van der Waals surface area contributed by atoms with Crippen LogP contribution in [0.4, 0.5) is 0 Å². The second-order valence-corrected chi connectivity index (χ2v) is 4.23. The highest BCUT2D eigenvalue weighted by Gasteiger charge is 2.00. The largest absolute Gasteiger partial charge is 0.302 e. The van der Waals surface area contributed by atoms with Crippen LogP contribution in [0.3, 0.4) is 0 Å². The van der Waals surface area contributed by atoms with Crippen molar-refractivity contribution in [3.63, 3.8) is 0 Å². The first-order valence-electron chi connectivity index (χ1n) is 4.28.